The molecule has 2 aliphatic heterocycles. The minimum atomic E-state index is -4.47. The van der Waals surface area contributed by atoms with E-state index < -0.39 is 34.1 Å². The van der Waals surface area contributed by atoms with Crippen LogP contribution in [0.25, 0.3) is 0 Å². The molecular formula is C16H19F3N2O5S. The van der Waals surface area contributed by atoms with E-state index >= 15 is 0 Å². The number of amides is 1. The normalized spacial score (nSPS) is 27.4. The quantitative estimate of drug-likeness (QED) is 0.811. The van der Waals surface area contributed by atoms with Crippen LogP contribution in [-0.2, 0) is 14.6 Å². The number of halogens is 3. The fraction of sp³-hybridized carbons (Fsp3) is 0.625. The highest BCUT2D eigenvalue weighted by molar-refractivity contribution is 7.91. The topological polar surface area (TPSA) is 94.6 Å². The van der Waals surface area contributed by atoms with Crippen LogP contribution in [0.5, 0.6) is 5.88 Å². The van der Waals surface area contributed by atoms with Crippen molar-refractivity contribution in [2.24, 2.45) is 0 Å². The van der Waals surface area contributed by atoms with Gasteiger partial charge < -0.3 is 14.8 Å². The fourth-order valence-electron chi connectivity index (χ4n) is 3.34. The SMILES string of the molecule is O=C(N[C@H]1CCO[C@]2(CCS(=O)(=O)C2)C1)c1ccc(OCC(F)(F)F)nc1. The highest BCUT2D eigenvalue weighted by atomic mass is 32.2. The maximum Gasteiger partial charge on any atom is 0.422 e. The second-order valence-electron chi connectivity index (χ2n) is 6.83. The van der Waals surface area contributed by atoms with Gasteiger partial charge in [0, 0.05) is 24.9 Å². The predicted octanol–water partition coefficient (Wildman–Crippen LogP) is 1.49. The first-order valence-electron chi connectivity index (χ1n) is 8.37. The molecule has 1 amide bonds. The summed E-state index contributed by atoms with van der Waals surface area (Å²) in [4.78, 5) is 16.0. The number of ether oxygens (including phenoxy) is 2. The zero-order chi connectivity index (χ0) is 19.7. The lowest BCUT2D eigenvalue weighted by Crippen LogP contribution is -2.49. The van der Waals surface area contributed by atoms with E-state index in [9.17, 15) is 26.4 Å². The molecule has 1 N–H and O–H groups in total. The third-order valence-electron chi connectivity index (χ3n) is 4.56. The number of rotatable bonds is 4. The maximum absolute atomic E-state index is 12.3. The van der Waals surface area contributed by atoms with Gasteiger partial charge in [-0.05, 0) is 25.3 Å². The second kappa shape index (κ2) is 7.27. The summed E-state index contributed by atoms with van der Waals surface area (Å²) >= 11 is 0. The Morgan fingerprint density at radius 2 is 2.19 bits per heavy atom. The van der Waals surface area contributed by atoms with E-state index in [1.54, 1.807) is 0 Å². The molecule has 11 heteroatoms. The van der Waals surface area contributed by atoms with Crippen molar-refractivity contribution in [2.45, 2.75) is 37.1 Å². The predicted molar refractivity (Wildman–Crippen MR) is 88.2 cm³/mol. The Balaban J connectivity index is 1.57. The van der Waals surface area contributed by atoms with Gasteiger partial charge in [0.25, 0.3) is 5.91 Å². The van der Waals surface area contributed by atoms with Gasteiger partial charge in [-0.15, -0.1) is 0 Å². The minimum absolute atomic E-state index is 0.0425. The molecule has 3 rings (SSSR count). The summed E-state index contributed by atoms with van der Waals surface area (Å²) in [5, 5.41) is 2.81. The Bertz CT molecular complexity index is 797. The van der Waals surface area contributed by atoms with Crippen LogP contribution in [0.1, 0.15) is 29.6 Å². The fourth-order valence-corrected chi connectivity index (χ4v) is 5.31. The third-order valence-corrected chi connectivity index (χ3v) is 6.35. The number of nitrogens with zero attached hydrogens (tertiary/aromatic N) is 1. The maximum atomic E-state index is 12.3. The second-order valence-corrected chi connectivity index (χ2v) is 9.01. The largest absolute Gasteiger partial charge is 0.468 e. The summed E-state index contributed by atoms with van der Waals surface area (Å²) in [7, 11) is -3.12. The number of sulfone groups is 1. The van der Waals surface area contributed by atoms with E-state index in [1.807, 2.05) is 0 Å². The number of hydrogen-bond acceptors (Lipinski definition) is 6. The lowest BCUT2D eigenvalue weighted by atomic mass is 9.90. The molecule has 1 spiro atoms. The number of hydrogen-bond donors (Lipinski definition) is 1. The molecule has 0 bridgehead atoms. The van der Waals surface area contributed by atoms with Gasteiger partial charge in [0.2, 0.25) is 5.88 Å². The summed E-state index contributed by atoms with van der Waals surface area (Å²) in [5.41, 5.74) is -0.572. The van der Waals surface area contributed by atoms with Crippen LogP contribution in [0.3, 0.4) is 0 Å². The van der Waals surface area contributed by atoms with Gasteiger partial charge in [-0.3, -0.25) is 4.79 Å². The van der Waals surface area contributed by atoms with Crippen molar-refractivity contribution >= 4 is 15.7 Å². The smallest absolute Gasteiger partial charge is 0.422 e. The average Bonchev–Trinajstić information content (AvgIpc) is 2.87. The van der Waals surface area contributed by atoms with Crippen LogP contribution in [0.15, 0.2) is 18.3 Å². The lowest BCUT2D eigenvalue weighted by molar-refractivity contribution is -0.154. The number of aromatic nitrogens is 1. The summed E-state index contributed by atoms with van der Waals surface area (Å²) in [6.07, 6.45) is -1.97. The molecule has 7 nitrogen and oxygen atoms in total. The number of pyridine rings is 1. The first-order chi connectivity index (χ1) is 12.6. The standard InChI is InChI=1S/C16H19F3N2O5S/c17-16(18,19)9-25-13-2-1-11(8-20-13)14(22)21-12-3-5-26-15(7-12)4-6-27(23,24)10-15/h1-2,8,12H,3-7,9-10H2,(H,21,22)/t12-,15+/m0/s1. The zero-order valence-electron chi connectivity index (χ0n) is 14.3. The van der Waals surface area contributed by atoms with Gasteiger partial charge in [0.05, 0.1) is 22.7 Å². The van der Waals surface area contributed by atoms with E-state index in [1.165, 1.54) is 12.1 Å². The molecule has 2 atom stereocenters. The van der Waals surface area contributed by atoms with Crippen molar-refractivity contribution < 1.29 is 35.9 Å². The van der Waals surface area contributed by atoms with E-state index in [2.05, 4.69) is 15.0 Å². The molecule has 3 heterocycles. The Labute approximate surface area is 154 Å². The Kier molecular flexibility index (Phi) is 5.35. The summed E-state index contributed by atoms with van der Waals surface area (Å²) < 4.78 is 70.0. The van der Waals surface area contributed by atoms with Crippen molar-refractivity contribution in [3.8, 4) is 5.88 Å². The molecule has 0 aromatic carbocycles. The van der Waals surface area contributed by atoms with Gasteiger partial charge >= 0.3 is 6.18 Å². The van der Waals surface area contributed by atoms with E-state index in [-0.39, 0.29) is 29.0 Å². The van der Waals surface area contributed by atoms with E-state index in [0.29, 0.717) is 25.9 Å². The van der Waals surface area contributed by atoms with Gasteiger partial charge in [0.1, 0.15) is 0 Å². The van der Waals surface area contributed by atoms with Gasteiger partial charge in [-0.2, -0.15) is 13.2 Å². The molecule has 0 unspecified atom stereocenters. The Morgan fingerprint density at radius 3 is 2.78 bits per heavy atom. The van der Waals surface area contributed by atoms with E-state index in [4.69, 9.17) is 4.74 Å². The van der Waals surface area contributed by atoms with Crippen molar-refractivity contribution in [3.63, 3.8) is 0 Å². The number of carbonyl (C=O) groups excluding carboxylic acids is 1. The third kappa shape index (κ3) is 5.32. The molecule has 27 heavy (non-hydrogen) atoms. The molecule has 0 saturated carbocycles. The number of carbonyl (C=O) groups is 1. The first-order valence-corrected chi connectivity index (χ1v) is 10.2. The van der Waals surface area contributed by atoms with Crippen molar-refractivity contribution in [2.75, 3.05) is 24.7 Å². The van der Waals surface area contributed by atoms with Gasteiger partial charge in [-0.1, -0.05) is 0 Å². The van der Waals surface area contributed by atoms with Crippen LogP contribution in [-0.4, -0.2) is 61.8 Å². The molecule has 0 radical (unpaired) electrons. The molecule has 2 fully saturated rings. The number of alkyl halides is 3. The molecule has 1 aromatic rings. The van der Waals surface area contributed by atoms with Gasteiger partial charge in [0.15, 0.2) is 16.4 Å². The van der Waals surface area contributed by atoms with Crippen molar-refractivity contribution in [1.29, 1.82) is 0 Å². The monoisotopic (exact) mass is 408 g/mol. The lowest BCUT2D eigenvalue weighted by Gasteiger charge is -2.37. The van der Waals surface area contributed by atoms with Gasteiger partial charge in [-0.25, -0.2) is 13.4 Å². The molecular weight excluding hydrogens is 389 g/mol. The summed E-state index contributed by atoms with van der Waals surface area (Å²) in [6.45, 7) is -1.11. The number of nitrogens with one attached hydrogen (secondary N) is 1. The van der Waals surface area contributed by atoms with Crippen molar-refractivity contribution in [1.82, 2.24) is 10.3 Å². The molecule has 2 aliphatic rings. The highest BCUT2D eigenvalue weighted by Crippen LogP contribution is 2.35. The Hall–Kier alpha value is -1.88. The summed E-state index contributed by atoms with van der Waals surface area (Å²) in [5.74, 6) is -0.631. The Morgan fingerprint density at radius 1 is 1.41 bits per heavy atom. The zero-order valence-corrected chi connectivity index (χ0v) is 15.1. The van der Waals surface area contributed by atoms with E-state index in [0.717, 1.165) is 6.20 Å². The van der Waals surface area contributed by atoms with Crippen LogP contribution in [0.2, 0.25) is 0 Å². The molecule has 1 aromatic heterocycles. The van der Waals surface area contributed by atoms with Crippen LogP contribution < -0.4 is 10.1 Å². The molecule has 150 valence electrons. The highest BCUT2D eigenvalue weighted by Gasteiger charge is 2.46. The molecule has 2 saturated heterocycles. The van der Waals surface area contributed by atoms with Crippen LogP contribution in [0.4, 0.5) is 13.2 Å². The summed E-state index contributed by atoms with van der Waals surface area (Å²) in [6, 6.07) is 2.26. The van der Waals surface area contributed by atoms with Crippen molar-refractivity contribution in [3.05, 3.63) is 23.9 Å². The average molecular weight is 408 g/mol. The van der Waals surface area contributed by atoms with Crippen LogP contribution >= 0.6 is 0 Å². The first kappa shape index (κ1) is 19.9. The minimum Gasteiger partial charge on any atom is -0.468 e. The van der Waals surface area contributed by atoms with Crippen LogP contribution in [0, 0.1) is 0 Å². The molecule has 0 aliphatic carbocycles.